The number of pyridine rings is 1. The molecule has 0 amide bonds. The minimum Gasteiger partial charge on any atom is -0.393 e. The van der Waals surface area contributed by atoms with Gasteiger partial charge in [-0.25, -0.2) is 4.98 Å². The van der Waals surface area contributed by atoms with Gasteiger partial charge >= 0.3 is 0 Å². The summed E-state index contributed by atoms with van der Waals surface area (Å²) in [4.78, 5) is 4.52. The summed E-state index contributed by atoms with van der Waals surface area (Å²) in [6, 6.07) is 5.99. The Morgan fingerprint density at radius 1 is 1.44 bits per heavy atom. The molecule has 0 saturated heterocycles. The standard InChI is InChI=1S/C13H16N2O/c16-12(10-4-5-10)7-6-11-9-15-8-2-1-3-13(15)14-11/h1-3,8-10,12,16H,4-7H2. The zero-order valence-corrected chi connectivity index (χ0v) is 9.21. The molecule has 1 aliphatic carbocycles. The topological polar surface area (TPSA) is 37.5 Å². The molecule has 0 bridgehead atoms. The molecule has 1 atom stereocenters. The van der Waals surface area contributed by atoms with Crippen molar-refractivity contribution in [3.05, 3.63) is 36.3 Å². The highest BCUT2D eigenvalue weighted by Gasteiger charge is 2.29. The van der Waals surface area contributed by atoms with Crippen molar-refractivity contribution in [1.29, 1.82) is 0 Å². The van der Waals surface area contributed by atoms with Crippen molar-refractivity contribution < 1.29 is 5.11 Å². The predicted molar refractivity (Wildman–Crippen MR) is 62.2 cm³/mol. The molecule has 2 heterocycles. The van der Waals surface area contributed by atoms with Gasteiger partial charge in [0, 0.05) is 12.4 Å². The van der Waals surface area contributed by atoms with Gasteiger partial charge in [0.15, 0.2) is 0 Å². The van der Waals surface area contributed by atoms with Crippen LogP contribution in [-0.4, -0.2) is 20.6 Å². The zero-order chi connectivity index (χ0) is 11.0. The van der Waals surface area contributed by atoms with Gasteiger partial charge in [0.05, 0.1) is 11.8 Å². The van der Waals surface area contributed by atoms with E-state index in [-0.39, 0.29) is 6.10 Å². The average Bonchev–Trinajstić information content (AvgIpc) is 3.06. The van der Waals surface area contributed by atoms with Gasteiger partial charge in [-0.1, -0.05) is 6.07 Å². The molecule has 0 spiro atoms. The highest BCUT2D eigenvalue weighted by molar-refractivity contribution is 5.39. The van der Waals surface area contributed by atoms with Gasteiger partial charge in [0.25, 0.3) is 0 Å². The fraction of sp³-hybridized carbons (Fsp3) is 0.462. The summed E-state index contributed by atoms with van der Waals surface area (Å²) in [6.45, 7) is 0. The molecule has 3 heteroatoms. The summed E-state index contributed by atoms with van der Waals surface area (Å²) >= 11 is 0. The van der Waals surface area contributed by atoms with Gasteiger partial charge in [-0.05, 0) is 43.7 Å². The van der Waals surface area contributed by atoms with E-state index in [0.717, 1.165) is 24.2 Å². The van der Waals surface area contributed by atoms with E-state index in [4.69, 9.17) is 0 Å². The summed E-state index contributed by atoms with van der Waals surface area (Å²) < 4.78 is 2.03. The second kappa shape index (κ2) is 3.91. The lowest BCUT2D eigenvalue weighted by atomic mass is 10.1. The Labute approximate surface area is 94.7 Å². The van der Waals surface area contributed by atoms with Crippen LogP contribution in [0.4, 0.5) is 0 Å². The SMILES string of the molecule is OC(CCc1cn2ccccc2n1)C1CC1. The second-order valence-corrected chi connectivity index (χ2v) is 4.64. The first-order valence-electron chi connectivity index (χ1n) is 5.93. The molecule has 0 aliphatic heterocycles. The van der Waals surface area contributed by atoms with Crippen LogP contribution in [0, 0.1) is 5.92 Å². The molecule has 3 rings (SSSR count). The van der Waals surface area contributed by atoms with Crippen molar-refractivity contribution in [2.24, 2.45) is 5.92 Å². The lowest BCUT2D eigenvalue weighted by Gasteiger charge is -2.06. The highest BCUT2D eigenvalue weighted by atomic mass is 16.3. The van der Waals surface area contributed by atoms with Gasteiger partial charge < -0.3 is 9.51 Å². The number of hydrogen-bond acceptors (Lipinski definition) is 2. The maximum absolute atomic E-state index is 9.79. The van der Waals surface area contributed by atoms with Crippen molar-refractivity contribution in [2.75, 3.05) is 0 Å². The summed E-state index contributed by atoms with van der Waals surface area (Å²) in [7, 11) is 0. The van der Waals surface area contributed by atoms with E-state index in [1.54, 1.807) is 0 Å². The maximum Gasteiger partial charge on any atom is 0.136 e. The van der Waals surface area contributed by atoms with Crippen molar-refractivity contribution in [2.45, 2.75) is 31.8 Å². The van der Waals surface area contributed by atoms with Gasteiger partial charge in [-0.2, -0.15) is 0 Å². The fourth-order valence-corrected chi connectivity index (χ4v) is 2.12. The van der Waals surface area contributed by atoms with Crippen LogP contribution in [0.5, 0.6) is 0 Å². The smallest absolute Gasteiger partial charge is 0.136 e. The van der Waals surface area contributed by atoms with Crippen LogP contribution in [0.15, 0.2) is 30.6 Å². The Balaban J connectivity index is 1.69. The molecule has 1 saturated carbocycles. The van der Waals surface area contributed by atoms with Crippen LogP contribution >= 0.6 is 0 Å². The van der Waals surface area contributed by atoms with Crippen LogP contribution in [-0.2, 0) is 6.42 Å². The molecule has 84 valence electrons. The number of aromatic nitrogens is 2. The van der Waals surface area contributed by atoms with Crippen molar-refractivity contribution >= 4 is 5.65 Å². The van der Waals surface area contributed by atoms with Gasteiger partial charge in [-0.15, -0.1) is 0 Å². The third-order valence-electron chi connectivity index (χ3n) is 3.28. The maximum atomic E-state index is 9.79. The number of aliphatic hydroxyl groups is 1. The molecule has 0 radical (unpaired) electrons. The average molecular weight is 216 g/mol. The molecule has 16 heavy (non-hydrogen) atoms. The Morgan fingerprint density at radius 2 is 2.31 bits per heavy atom. The van der Waals surface area contributed by atoms with E-state index in [1.165, 1.54) is 12.8 Å². The number of fused-ring (bicyclic) bond motifs is 1. The van der Waals surface area contributed by atoms with E-state index in [0.29, 0.717) is 5.92 Å². The van der Waals surface area contributed by atoms with Crippen LogP contribution < -0.4 is 0 Å². The minimum absolute atomic E-state index is 0.121. The molecule has 1 N–H and O–H groups in total. The van der Waals surface area contributed by atoms with Crippen LogP contribution in [0.25, 0.3) is 5.65 Å². The van der Waals surface area contributed by atoms with E-state index >= 15 is 0 Å². The Morgan fingerprint density at radius 3 is 3.06 bits per heavy atom. The second-order valence-electron chi connectivity index (χ2n) is 4.64. The van der Waals surface area contributed by atoms with Crippen molar-refractivity contribution in [1.82, 2.24) is 9.38 Å². The molecular formula is C13H16N2O. The number of aliphatic hydroxyl groups excluding tert-OH is 1. The fourth-order valence-electron chi connectivity index (χ4n) is 2.12. The zero-order valence-electron chi connectivity index (χ0n) is 9.21. The van der Waals surface area contributed by atoms with E-state index in [9.17, 15) is 5.11 Å². The Hall–Kier alpha value is -1.35. The number of aryl methyl sites for hydroxylation is 1. The number of hydrogen-bond donors (Lipinski definition) is 1. The van der Waals surface area contributed by atoms with Gasteiger partial charge in [0.1, 0.15) is 5.65 Å². The first-order valence-corrected chi connectivity index (χ1v) is 5.93. The highest BCUT2D eigenvalue weighted by Crippen LogP contribution is 2.34. The van der Waals surface area contributed by atoms with Crippen molar-refractivity contribution in [3.8, 4) is 0 Å². The Bertz CT molecular complexity index is 454. The van der Waals surface area contributed by atoms with Crippen molar-refractivity contribution in [3.63, 3.8) is 0 Å². The quantitative estimate of drug-likeness (QED) is 0.849. The monoisotopic (exact) mass is 216 g/mol. The summed E-state index contributed by atoms with van der Waals surface area (Å²) in [5, 5.41) is 9.79. The van der Waals surface area contributed by atoms with Crippen LogP contribution in [0.1, 0.15) is 25.0 Å². The minimum atomic E-state index is -0.121. The number of rotatable bonds is 4. The van der Waals surface area contributed by atoms with E-state index in [1.807, 2.05) is 28.8 Å². The summed E-state index contributed by atoms with van der Waals surface area (Å²) in [5.41, 5.74) is 2.06. The Kier molecular flexibility index (Phi) is 2.40. The predicted octanol–water partition coefficient (Wildman–Crippen LogP) is 2.04. The lowest BCUT2D eigenvalue weighted by molar-refractivity contribution is 0.141. The molecule has 1 fully saturated rings. The molecule has 3 nitrogen and oxygen atoms in total. The van der Waals surface area contributed by atoms with E-state index in [2.05, 4.69) is 11.2 Å². The van der Waals surface area contributed by atoms with E-state index < -0.39 is 0 Å². The largest absolute Gasteiger partial charge is 0.393 e. The molecule has 1 aliphatic rings. The lowest BCUT2D eigenvalue weighted by Crippen LogP contribution is -2.10. The van der Waals surface area contributed by atoms with Crippen LogP contribution in [0.3, 0.4) is 0 Å². The molecule has 0 aromatic carbocycles. The number of nitrogens with zero attached hydrogens (tertiary/aromatic N) is 2. The molecule has 2 aromatic heterocycles. The van der Waals surface area contributed by atoms with Crippen LogP contribution in [0.2, 0.25) is 0 Å². The number of imidazole rings is 1. The molecule has 2 aromatic rings. The third-order valence-corrected chi connectivity index (χ3v) is 3.28. The molecule has 1 unspecified atom stereocenters. The molecular weight excluding hydrogens is 200 g/mol. The summed E-state index contributed by atoms with van der Waals surface area (Å²) in [5.74, 6) is 0.567. The first kappa shape index (κ1) is 9.85. The third kappa shape index (κ3) is 1.95. The van der Waals surface area contributed by atoms with Gasteiger partial charge in [-0.3, -0.25) is 0 Å². The summed E-state index contributed by atoms with van der Waals surface area (Å²) in [6.07, 6.45) is 8.05. The van der Waals surface area contributed by atoms with Gasteiger partial charge in [0.2, 0.25) is 0 Å². The first-order chi connectivity index (χ1) is 7.83. The normalized spacial score (nSPS) is 17.8.